The first kappa shape index (κ1) is 17.8. The molecule has 3 rings (SSSR count). The standard InChI is InChI=1S/C20H29N3O2/c1-14(2)22-12-6-10-20(18(22)24)11-7-13-23(20)19(25)21-17-15(3)8-5-9-16(17)4/h5,8-9,14H,6-7,10-13H2,1-4H3,(H,21,25). The van der Waals surface area contributed by atoms with Gasteiger partial charge in [-0.2, -0.15) is 0 Å². The molecular formula is C20H29N3O2. The Morgan fingerprint density at radius 2 is 1.72 bits per heavy atom. The molecule has 0 radical (unpaired) electrons. The minimum Gasteiger partial charge on any atom is -0.338 e. The van der Waals surface area contributed by atoms with E-state index in [1.807, 2.05) is 50.8 Å². The lowest BCUT2D eigenvalue weighted by molar-refractivity contribution is -0.147. The summed E-state index contributed by atoms with van der Waals surface area (Å²) in [7, 11) is 0. The SMILES string of the molecule is Cc1cccc(C)c1NC(=O)N1CCCC12CCCN(C(C)C)C2=O. The van der Waals surface area contributed by atoms with Crippen LogP contribution in [0.3, 0.4) is 0 Å². The number of carbonyl (C=O) groups excluding carboxylic acids is 2. The topological polar surface area (TPSA) is 52.7 Å². The molecule has 2 aliphatic rings. The number of likely N-dealkylation sites (tertiary alicyclic amines) is 2. The molecule has 2 heterocycles. The van der Waals surface area contributed by atoms with Gasteiger partial charge in [0.15, 0.2) is 0 Å². The first-order valence-electron chi connectivity index (χ1n) is 9.33. The molecule has 2 fully saturated rings. The first-order chi connectivity index (χ1) is 11.9. The number of amides is 3. The fourth-order valence-electron chi connectivity index (χ4n) is 4.35. The predicted molar refractivity (Wildman–Crippen MR) is 99.7 cm³/mol. The average molecular weight is 343 g/mol. The Morgan fingerprint density at radius 3 is 2.32 bits per heavy atom. The van der Waals surface area contributed by atoms with Gasteiger partial charge in [-0.05, 0) is 64.5 Å². The number of anilines is 1. The summed E-state index contributed by atoms with van der Waals surface area (Å²) < 4.78 is 0. The lowest BCUT2D eigenvalue weighted by atomic mass is 9.85. The number of para-hydroxylation sites is 1. The van der Waals surface area contributed by atoms with Gasteiger partial charge < -0.3 is 15.1 Å². The first-order valence-corrected chi connectivity index (χ1v) is 9.33. The molecule has 1 atom stereocenters. The average Bonchev–Trinajstić information content (AvgIpc) is 2.98. The Bertz CT molecular complexity index is 665. The monoisotopic (exact) mass is 343 g/mol. The van der Waals surface area contributed by atoms with Crippen molar-refractivity contribution in [2.75, 3.05) is 18.4 Å². The van der Waals surface area contributed by atoms with E-state index in [1.165, 1.54) is 0 Å². The van der Waals surface area contributed by atoms with Gasteiger partial charge >= 0.3 is 6.03 Å². The molecule has 136 valence electrons. The number of nitrogens with zero attached hydrogens (tertiary/aromatic N) is 2. The summed E-state index contributed by atoms with van der Waals surface area (Å²) in [6.07, 6.45) is 3.39. The second-order valence-electron chi connectivity index (χ2n) is 7.68. The molecule has 5 heteroatoms. The van der Waals surface area contributed by atoms with Gasteiger partial charge in [0, 0.05) is 24.8 Å². The summed E-state index contributed by atoms with van der Waals surface area (Å²) >= 11 is 0. The summed E-state index contributed by atoms with van der Waals surface area (Å²) in [5.41, 5.74) is 2.29. The molecule has 1 aromatic carbocycles. The van der Waals surface area contributed by atoms with E-state index >= 15 is 0 Å². The van der Waals surface area contributed by atoms with Gasteiger partial charge in [-0.3, -0.25) is 4.79 Å². The van der Waals surface area contributed by atoms with E-state index in [4.69, 9.17) is 0 Å². The van der Waals surface area contributed by atoms with Crippen LogP contribution in [-0.2, 0) is 4.79 Å². The summed E-state index contributed by atoms with van der Waals surface area (Å²) in [6, 6.07) is 6.01. The molecule has 1 spiro atoms. The molecule has 5 nitrogen and oxygen atoms in total. The molecule has 3 amide bonds. The van der Waals surface area contributed by atoms with Gasteiger partial charge in [0.1, 0.15) is 5.54 Å². The number of hydrogen-bond donors (Lipinski definition) is 1. The van der Waals surface area contributed by atoms with Crippen molar-refractivity contribution in [1.82, 2.24) is 9.80 Å². The summed E-state index contributed by atoms with van der Waals surface area (Å²) in [5.74, 6) is 0.128. The van der Waals surface area contributed by atoms with Crippen molar-refractivity contribution in [2.24, 2.45) is 0 Å². The van der Waals surface area contributed by atoms with Crippen molar-refractivity contribution in [3.63, 3.8) is 0 Å². The Morgan fingerprint density at radius 1 is 1.12 bits per heavy atom. The molecule has 2 saturated heterocycles. The second kappa shape index (κ2) is 6.70. The highest BCUT2D eigenvalue weighted by atomic mass is 16.2. The number of urea groups is 1. The normalized spacial score (nSPS) is 23.6. The maximum Gasteiger partial charge on any atom is 0.322 e. The molecule has 1 unspecified atom stereocenters. The maximum absolute atomic E-state index is 13.2. The van der Waals surface area contributed by atoms with Crippen LogP contribution in [0.1, 0.15) is 50.7 Å². The highest BCUT2D eigenvalue weighted by Crippen LogP contribution is 2.39. The van der Waals surface area contributed by atoms with Crippen molar-refractivity contribution in [3.8, 4) is 0 Å². The molecule has 1 N–H and O–H groups in total. The molecule has 0 aliphatic carbocycles. The zero-order valence-corrected chi connectivity index (χ0v) is 15.8. The number of aryl methyl sites for hydroxylation is 2. The molecule has 0 saturated carbocycles. The lowest BCUT2D eigenvalue weighted by Gasteiger charge is -2.45. The third-order valence-corrected chi connectivity index (χ3v) is 5.72. The fraction of sp³-hybridized carbons (Fsp3) is 0.600. The van der Waals surface area contributed by atoms with E-state index in [1.54, 1.807) is 4.90 Å². The van der Waals surface area contributed by atoms with Gasteiger partial charge in [0.2, 0.25) is 5.91 Å². The summed E-state index contributed by atoms with van der Waals surface area (Å²) in [5, 5.41) is 3.07. The zero-order valence-electron chi connectivity index (χ0n) is 15.8. The Hall–Kier alpha value is -2.04. The van der Waals surface area contributed by atoms with Crippen molar-refractivity contribution in [2.45, 2.75) is 65.0 Å². The molecule has 0 bridgehead atoms. The minimum absolute atomic E-state index is 0.128. The Balaban J connectivity index is 1.86. The van der Waals surface area contributed by atoms with Crippen LogP contribution in [0.5, 0.6) is 0 Å². The van der Waals surface area contributed by atoms with Crippen LogP contribution in [-0.4, -0.2) is 46.4 Å². The van der Waals surface area contributed by atoms with Gasteiger partial charge in [-0.15, -0.1) is 0 Å². The van der Waals surface area contributed by atoms with Gasteiger partial charge in [-0.25, -0.2) is 4.79 Å². The number of hydrogen-bond acceptors (Lipinski definition) is 2. The van der Waals surface area contributed by atoms with Crippen LogP contribution in [0.15, 0.2) is 18.2 Å². The van der Waals surface area contributed by atoms with E-state index in [0.717, 1.165) is 49.0 Å². The van der Waals surface area contributed by atoms with E-state index in [9.17, 15) is 9.59 Å². The highest BCUT2D eigenvalue weighted by Gasteiger charge is 2.53. The number of nitrogens with one attached hydrogen (secondary N) is 1. The van der Waals surface area contributed by atoms with Gasteiger partial charge in [-0.1, -0.05) is 18.2 Å². The van der Waals surface area contributed by atoms with E-state index in [-0.39, 0.29) is 18.0 Å². The molecule has 25 heavy (non-hydrogen) atoms. The predicted octanol–water partition coefficient (Wildman–Crippen LogP) is 3.70. The second-order valence-corrected chi connectivity index (χ2v) is 7.68. The molecule has 0 aromatic heterocycles. The number of benzene rings is 1. The van der Waals surface area contributed by atoms with E-state index in [2.05, 4.69) is 5.32 Å². The maximum atomic E-state index is 13.2. The van der Waals surface area contributed by atoms with Crippen molar-refractivity contribution < 1.29 is 9.59 Å². The van der Waals surface area contributed by atoms with Crippen LogP contribution < -0.4 is 5.32 Å². The lowest BCUT2D eigenvalue weighted by Crippen LogP contribution is -2.63. The van der Waals surface area contributed by atoms with Crippen LogP contribution in [0.4, 0.5) is 10.5 Å². The zero-order chi connectivity index (χ0) is 18.2. The van der Waals surface area contributed by atoms with Crippen molar-refractivity contribution >= 4 is 17.6 Å². The van der Waals surface area contributed by atoms with Gasteiger partial charge in [0.25, 0.3) is 0 Å². The Kier molecular flexibility index (Phi) is 4.76. The molecule has 2 aliphatic heterocycles. The van der Waals surface area contributed by atoms with E-state index < -0.39 is 5.54 Å². The van der Waals surface area contributed by atoms with Crippen LogP contribution >= 0.6 is 0 Å². The minimum atomic E-state index is -0.650. The highest BCUT2D eigenvalue weighted by molar-refractivity contribution is 5.97. The van der Waals surface area contributed by atoms with Crippen LogP contribution in [0, 0.1) is 13.8 Å². The quantitative estimate of drug-likeness (QED) is 0.890. The molecule has 1 aromatic rings. The fourth-order valence-corrected chi connectivity index (χ4v) is 4.35. The summed E-state index contributed by atoms with van der Waals surface area (Å²) in [6.45, 7) is 9.53. The van der Waals surface area contributed by atoms with Crippen LogP contribution in [0.25, 0.3) is 0 Å². The third-order valence-electron chi connectivity index (χ3n) is 5.72. The van der Waals surface area contributed by atoms with Gasteiger partial charge in [0.05, 0.1) is 0 Å². The largest absolute Gasteiger partial charge is 0.338 e. The van der Waals surface area contributed by atoms with E-state index in [0.29, 0.717) is 6.54 Å². The van der Waals surface area contributed by atoms with Crippen molar-refractivity contribution in [1.29, 1.82) is 0 Å². The number of piperidine rings is 1. The van der Waals surface area contributed by atoms with Crippen LogP contribution in [0.2, 0.25) is 0 Å². The Labute approximate surface area is 150 Å². The van der Waals surface area contributed by atoms with Crippen molar-refractivity contribution in [3.05, 3.63) is 29.3 Å². The number of carbonyl (C=O) groups is 2. The number of rotatable bonds is 2. The smallest absolute Gasteiger partial charge is 0.322 e. The summed E-state index contributed by atoms with van der Waals surface area (Å²) in [4.78, 5) is 30.0. The molecular weight excluding hydrogens is 314 g/mol. The third kappa shape index (κ3) is 3.00.